The third-order valence-electron chi connectivity index (χ3n) is 0.365. The molecule has 0 unspecified atom stereocenters. The summed E-state index contributed by atoms with van der Waals surface area (Å²) < 4.78 is 0. The van der Waals surface area contributed by atoms with Crippen LogP contribution in [0.15, 0.2) is 0 Å². The molecule has 0 aromatic heterocycles. The summed E-state index contributed by atoms with van der Waals surface area (Å²) in [6.45, 7) is 8.11. The standard InChI is InChI=1S/C4H10O.2C2H6O.Zr/c1-4(2)3-5;2*1-2-3;/h4-5H,3H2,1-2H3;2*3H,2H2,1H3;. The van der Waals surface area contributed by atoms with E-state index in [1.54, 1.807) is 13.8 Å². The van der Waals surface area contributed by atoms with Crippen molar-refractivity contribution in [3.63, 3.8) is 0 Å². The summed E-state index contributed by atoms with van der Waals surface area (Å²) in [7, 11) is 0. The summed E-state index contributed by atoms with van der Waals surface area (Å²) in [5, 5.41) is 23.3. The Morgan fingerprint density at radius 1 is 0.917 bits per heavy atom. The molecule has 3 nitrogen and oxygen atoms in total. The van der Waals surface area contributed by atoms with Gasteiger partial charge in [0.15, 0.2) is 0 Å². The Kier molecular flexibility index (Phi) is 57.1. The minimum absolute atomic E-state index is 0. The van der Waals surface area contributed by atoms with Gasteiger partial charge in [-0.2, -0.15) is 0 Å². The predicted molar refractivity (Wildman–Crippen MR) is 47.4 cm³/mol. The second kappa shape index (κ2) is 29.8. The van der Waals surface area contributed by atoms with E-state index in [-0.39, 0.29) is 39.4 Å². The van der Waals surface area contributed by atoms with Gasteiger partial charge in [-0.05, 0) is 19.8 Å². The van der Waals surface area contributed by atoms with Gasteiger partial charge in [0.05, 0.1) is 0 Å². The maximum atomic E-state index is 8.14. The Bertz CT molecular complexity index is 41.3. The van der Waals surface area contributed by atoms with Crippen molar-refractivity contribution in [2.24, 2.45) is 5.92 Å². The summed E-state index contributed by atoms with van der Waals surface area (Å²) in [4.78, 5) is 0. The molecule has 12 heavy (non-hydrogen) atoms. The van der Waals surface area contributed by atoms with Crippen LogP contribution < -0.4 is 0 Å². The van der Waals surface area contributed by atoms with Gasteiger partial charge >= 0.3 is 0 Å². The smallest absolute Gasteiger partial charge is 0.0453 e. The molecule has 0 aromatic rings. The first-order chi connectivity index (χ1) is 5.10. The third-order valence-corrected chi connectivity index (χ3v) is 0.365. The summed E-state index contributed by atoms with van der Waals surface area (Å²) >= 11 is 0. The van der Waals surface area contributed by atoms with Gasteiger partial charge in [-0.3, -0.25) is 0 Å². The van der Waals surface area contributed by atoms with E-state index in [0.717, 1.165) is 0 Å². The largest absolute Gasteiger partial charge is 0.397 e. The maximum Gasteiger partial charge on any atom is 0.0453 e. The Labute approximate surface area is 94.9 Å². The van der Waals surface area contributed by atoms with E-state index in [4.69, 9.17) is 15.3 Å². The average Bonchev–Trinajstić information content (AvgIpc) is 1.91. The van der Waals surface area contributed by atoms with Crippen LogP contribution in [0.3, 0.4) is 0 Å². The molecule has 0 amide bonds. The Morgan fingerprint density at radius 3 is 1.00 bits per heavy atom. The molecule has 0 spiro atoms. The fourth-order valence-electron chi connectivity index (χ4n) is 0. The van der Waals surface area contributed by atoms with E-state index in [9.17, 15) is 0 Å². The van der Waals surface area contributed by atoms with Crippen molar-refractivity contribution in [3.05, 3.63) is 0 Å². The molecule has 0 saturated carbocycles. The molecule has 3 N–H and O–H groups in total. The molecule has 0 aliphatic rings. The van der Waals surface area contributed by atoms with E-state index < -0.39 is 0 Å². The molecule has 0 heterocycles. The Hall–Kier alpha value is 0.763. The Balaban J connectivity index is -0.0000000406. The molecule has 0 fully saturated rings. The first kappa shape index (κ1) is 23.0. The fraction of sp³-hybridized carbons (Fsp3) is 1.00. The molecule has 0 rings (SSSR count). The molecular weight excluding hydrogens is 235 g/mol. The van der Waals surface area contributed by atoms with Crippen LogP contribution in [-0.4, -0.2) is 35.1 Å². The zero-order valence-corrected chi connectivity index (χ0v) is 11.0. The second-order valence-corrected chi connectivity index (χ2v) is 2.21. The number of aliphatic hydroxyl groups is 3. The summed E-state index contributed by atoms with van der Waals surface area (Å²) in [5.74, 6) is 0.440. The van der Waals surface area contributed by atoms with E-state index in [1.807, 2.05) is 13.8 Å². The van der Waals surface area contributed by atoms with Gasteiger partial charge in [0, 0.05) is 46.0 Å². The SMILES string of the molecule is CC(C)CO.CCO.CCO.[Zr]. The van der Waals surface area contributed by atoms with Crippen molar-refractivity contribution in [2.45, 2.75) is 27.7 Å². The van der Waals surface area contributed by atoms with Gasteiger partial charge in [-0.15, -0.1) is 0 Å². The van der Waals surface area contributed by atoms with Gasteiger partial charge in [-0.25, -0.2) is 0 Å². The second-order valence-electron chi connectivity index (χ2n) is 2.21. The minimum Gasteiger partial charge on any atom is -0.397 e. The van der Waals surface area contributed by atoms with Crippen molar-refractivity contribution in [1.29, 1.82) is 0 Å². The molecule has 0 saturated heterocycles. The summed E-state index contributed by atoms with van der Waals surface area (Å²) in [5.41, 5.74) is 0. The number of rotatable bonds is 1. The molecule has 0 aromatic carbocycles. The van der Waals surface area contributed by atoms with Crippen molar-refractivity contribution < 1.29 is 41.5 Å². The molecule has 0 aliphatic heterocycles. The van der Waals surface area contributed by atoms with E-state index in [0.29, 0.717) is 12.5 Å². The van der Waals surface area contributed by atoms with Crippen LogP contribution in [0, 0.1) is 5.92 Å². The molecule has 0 aliphatic carbocycles. The van der Waals surface area contributed by atoms with Crippen LogP contribution in [0.5, 0.6) is 0 Å². The van der Waals surface area contributed by atoms with Crippen LogP contribution in [0.4, 0.5) is 0 Å². The quantitative estimate of drug-likeness (QED) is 0.646. The molecule has 0 bridgehead atoms. The van der Waals surface area contributed by atoms with Crippen LogP contribution >= 0.6 is 0 Å². The summed E-state index contributed by atoms with van der Waals surface area (Å²) in [6.07, 6.45) is 0. The van der Waals surface area contributed by atoms with Crippen molar-refractivity contribution >= 4 is 0 Å². The van der Waals surface area contributed by atoms with Gasteiger partial charge in [-0.1, -0.05) is 13.8 Å². The minimum atomic E-state index is 0. The van der Waals surface area contributed by atoms with Crippen LogP contribution in [0.2, 0.25) is 0 Å². The fourth-order valence-corrected chi connectivity index (χ4v) is 0. The topological polar surface area (TPSA) is 60.7 Å². The summed E-state index contributed by atoms with van der Waals surface area (Å²) in [6, 6.07) is 0. The number of hydrogen-bond acceptors (Lipinski definition) is 3. The van der Waals surface area contributed by atoms with Gasteiger partial charge < -0.3 is 15.3 Å². The Morgan fingerprint density at radius 2 is 1.00 bits per heavy atom. The third kappa shape index (κ3) is 134. The van der Waals surface area contributed by atoms with E-state index in [1.165, 1.54) is 0 Å². The van der Waals surface area contributed by atoms with Gasteiger partial charge in [0.2, 0.25) is 0 Å². The maximum absolute atomic E-state index is 8.14. The van der Waals surface area contributed by atoms with Crippen molar-refractivity contribution in [2.75, 3.05) is 19.8 Å². The van der Waals surface area contributed by atoms with E-state index >= 15 is 0 Å². The first-order valence-corrected chi connectivity index (χ1v) is 3.93. The van der Waals surface area contributed by atoms with Crippen LogP contribution in [0.1, 0.15) is 27.7 Å². The number of hydrogen-bond donors (Lipinski definition) is 3. The van der Waals surface area contributed by atoms with Crippen molar-refractivity contribution in [1.82, 2.24) is 0 Å². The zero-order chi connectivity index (χ0) is 9.70. The molecule has 76 valence electrons. The van der Waals surface area contributed by atoms with Gasteiger partial charge in [0.25, 0.3) is 0 Å². The predicted octanol–water partition coefficient (Wildman–Crippen LogP) is 0.629. The molecule has 4 heteroatoms. The molecular formula is C8H22O3Zr. The van der Waals surface area contributed by atoms with Gasteiger partial charge in [0.1, 0.15) is 0 Å². The first-order valence-electron chi connectivity index (χ1n) is 3.93. The van der Waals surface area contributed by atoms with E-state index in [2.05, 4.69) is 0 Å². The monoisotopic (exact) mass is 256 g/mol. The number of aliphatic hydroxyl groups excluding tert-OH is 3. The van der Waals surface area contributed by atoms with Crippen molar-refractivity contribution in [3.8, 4) is 0 Å². The average molecular weight is 257 g/mol. The normalized spacial score (nSPS) is 7.00. The molecule has 0 atom stereocenters. The zero-order valence-electron chi connectivity index (χ0n) is 8.54. The molecule has 0 radical (unpaired) electrons. The van der Waals surface area contributed by atoms with Crippen LogP contribution in [-0.2, 0) is 26.2 Å². The van der Waals surface area contributed by atoms with Crippen LogP contribution in [0.25, 0.3) is 0 Å².